The van der Waals surface area contributed by atoms with Crippen molar-refractivity contribution in [2.75, 3.05) is 40.9 Å². The number of carbonyl (C=O) groups is 1. The molecule has 2 N–H and O–H groups in total. The number of aliphatic hydroxyl groups excluding tert-OH is 1. The van der Waals surface area contributed by atoms with E-state index in [1.807, 2.05) is 27.2 Å². The molecule has 0 fully saturated rings. The second kappa shape index (κ2) is 55.2. The highest BCUT2D eigenvalue weighted by Gasteiger charge is 2.23. The first-order chi connectivity index (χ1) is 35.5. The van der Waals surface area contributed by atoms with Gasteiger partial charge in [0.25, 0.3) is 7.82 Å². The molecule has 0 radical (unpaired) electrons. The Morgan fingerprint density at radius 3 is 1.22 bits per heavy atom. The van der Waals surface area contributed by atoms with Crippen molar-refractivity contribution < 1.29 is 32.9 Å². The number of nitrogens with one attached hydrogen (secondary N) is 1. The molecule has 430 valence electrons. The van der Waals surface area contributed by atoms with Gasteiger partial charge < -0.3 is 28.8 Å². The fraction of sp³-hybridized carbons (Fsp3) is 0.859. The van der Waals surface area contributed by atoms with Gasteiger partial charge >= 0.3 is 0 Å². The van der Waals surface area contributed by atoms with E-state index in [4.69, 9.17) is 9.05 Å². The summed E-state index contributed by atoms with van der Waals surface area (Å²) in [4.78, 5) is 25.5. The van der Waals surface area contributed by atoms with E-state index < -0.39 is 26.6 Å². The average molecular weight is 1050 g/mol. The molecule has 0 saturated carbocycles. The molecule has 0 aliphatic rings. The molecule has 3 unspecified atom stereocenters. The Morgan fingerprint density at radius 1 is 0.479 bits per heavy atom. The third-order valence-electron chi connectivity index (χ3n) is 14.3. The van der Waals surface area contributed by atoms with Crippen LogP contribution in [-0.2, 0) is 18.4 Å². The Labute approximate surface area is 454 Å². The molecule has 8 nitrogen and oxygen atoms in total. The molecule has 0 aromatic rings. The highest BCUT2D eigenvalue weighted by atomic mass is 31.2. The zero-order valence-electron chi connectivity index (χ0n) is 49.1. The number of amides is 1. The number of phosphoric acid groups is 1. The molecule has 0 bridgehead atoms. The maximum absolute atomic E-state index is 13.0. The van der Waals surface area contributed by atoms with Gasteiger partial charge in [-0.1, -0.05) is 281 Å². The van der Waals surface area contributed by atoms with Crippen molar-refractivity contribution >= 4 is 13.7 Å². The third kappa shape index (κ3) is 58.0. The first-order valence-corrected chi connectivity index (χ1v) is 33.0. The summed E-state index contributed by atoms with van der Waals surface area (Å²) >= 11 is 0. The van der Waals surface area contributed by atoms with E-state index >= 15 is 0 Å². The van der Waals surface area contributed by atoms with Crippen molar-refractivity contribution in [2.24, 2.45) is 0 Å². The predicted molar refractivity (Wildman–Crippen MR) is 316 cm³/mol. The maximum atomic E-state index is 13.0. The summed E-state index contributed by atoms with van der Waals surface area (Å²) in [6.45, 7) is 4.63. The number of hydrogen-bond acceptors (Lipinski definition) is 6. The van der Waals surface area contributed by atoms with Gasteiger partial charge in [-0.15, -0.1) is 0 Å². The normalized spacial score (nSPS) is 14.1. The highest BCUT2D eigenvalue weighted by molar-refractivity contribution is 7.45. The summed E-state index contributed by atoms with van der Waals surface area (Å²) in [7, 11) is 1.25. The summed E-state index contributed by atoms with van der Waals surface area (Å²) < 4.78 is 23.4. The highest BCUT2D eigenvalue weighted by Crippen LogP contribution is 2.38. The van der Waals surface area contributed by atoms with Gasteiger partial charge in [-0.2, -0.15) is 0 Å². The van der Waals surface area contributed by atoms with Crippen LogP contribution in [0.1, 0.15) is 303 Å². The molecule has 3 atom stereocenters. The lowest BCUT2D eigenvalue weighted by Crippen LogP contribution is -2.45. The molecule has 1 amide bonds. The van der Waals surface area contributed by atoms with Crippen molar-refractivity contribution in [2.45, 2.75) is 315 Å². The summed E-state index contributed by atoms with van der Waals surface area (Å²) in [5.74, 6) is -0.209. The zero-order chi connectivity index (χ0) is 53.5. The van der Waals surface area contributed by atoms with E-state index in [-0.39, 0.29) is 12.5 Å². The number of rotatable bonds is 58. The number of phosphoric ester groups is 1. The van der Waals surface area contributed by atoms with E-state index in [1.165, 1.54) is 238 Å². The van der Waals surface area contributed by atoms with Crippen LogP contribution in [0.2, 0.25) is 0 Å². The summed E-state index contributed by atoms with van der Waals surface area (Å²) in [5.41, 5.74) is 0. The van der Waals surface area contributed by atoms with Crippen molar-refractivity contribution in [3.05, 3.63) is 48.6 Å². The van der Waals surface area contributed by atoms with Crippen LogP contribution in [0.4, 0.5) is 0 Å². The predicted octanol–water partition coefficient (Wildman–Crippen LogP) is 18.9. The van der Waals surface area contributed by atoms with E-state index in [9.17, 15) is 19.4 Å². The first-order valence-electron chi connectivity index (χ1n) is 31.5. The van der Waals surface area contributed by atoms with Crippen LogP contribution in [0.5, 0.6) is 0 Å². The molecule has 0 aliphatic heterocycles. The van der Waals surface area contributed by atoms with Crippen molar-refractivity contribution in [3.8, 4) is 0 Å². The van der Waals surface area contributed by atoms with Gasteiger partial charge in [-0.05, 0) is 64.2 Å². The van der Waals surface area contributed by atoms with Gasteiger partial charge in [0.05, 0.1) is 39.9 Å². The van der Waals surface area contributed by atoms with Crippen LogP contribution in [0, 0.1) is 0 Å². The Morgan fingerprint density at radius 2 is 0.808 bits per heavy atom. The minimum atomic E-state index is -4.61. The summed E-state index contributed by atoms with van der Waals surface area (Å²) in [6, 6.07) is -0.908. The standard InChI is InChI=1S/C64H123N2O6P/c1-6-8-10-12-14-16-18-20-22-24-26-27-28-29-30-31-32-33-34-35-36-37-38-40-41-43-45-47-49-51-53-55-57-63(67)62(61-72-73(69,70)71-60-59-66(3,4)5)65-64(68)58-56-54-52-50-48-46-44-42-39-25-23-21-19-17-15-13-11-9-7-2/h15,17,21,23,47,49,55,57,62-63,67H,6-14,16,18-20,22,24-46,48,50-54,56,58-61H2,1-5H3,(H-,65,68,69,70)/b17-15-,23-21-,49-47+,57-55+. The van der Waals surface area contributed by atoms with E-state index in [1.54, 1.807) is 6.08 Å². The number of nitrogens with zero attached hydrogens (tertiary/aromatic N) is 1. The molecule has 0 spiro atoms. The second-order valence-corrected chi connectivity index (χ2v) is 24.2. The van der Waals surface area contributed by atoms with E-state index in [0.717, 1.165) is 44.9 Å². The number of hydrogen-bond donors (Lipinski definition) is 2. The molecule has 0 rings (SSSR count). The van der Waals surface area contributed by atoms with Crippen LogP contribution >= 0.6 is 7.82 Å². The van der Waals surface area contributed by atoms with Gasteiger partial charge in [0.15, 0.2) is 0 Å². The Bertz CT molecular complexity index is 1330. The Kier molecular flexibility index (Phi) is 54.1. The Balaban J connectivity index is 4.13. The molecule has 0 aromatic carbocycles. The minimum absolute atomic E-state index is 0.00779. The zero-order valence-corrected chi connectivity index (χ0v) is 50.0. The van der Waals surface area contributed by atoms with E-state index in [0.29, 0.717) is 17.4 Å². The van der Waals surface area contributed by atoms with Crippen LogP contribution in [-0.4, -0.2) is 68.5 Å². The van der Waals surface area contributed by atoms with Crippen molar-refractivity contribution in [1.29, 1.82) is 0 Å². The van der Waals surface area contributed by atoms with Gasteiger partial charge in [0.1, 0.15) is 13.2 Å². The third-order valence-corrected chi connectivity index (χ3v) is 15.2. The number of carbonyl (C=O) groups excluding carboxylic acids is 1. The molecule has 0 heterocycles. The van der Waals surface area contributed by atoms with Gasteiger partial charge in [-0.3, -0.25) is 9.36 Å². The number of likely N-dealkylation sites (N-methyl/N-ethyl adjacent to an activating group) is 1. The lowest BCUT2D eigenvalue weighted by Gasteiger charge is -2.29. The van der Waals surface area contributed by atoms with Gasteiger partial charge in [0, 0.05) is 6.42 Å². The maximum Gasteiger partial charge on any atom is 0.268 e. The smallest absolute Gasteiger partial charge is 0.268 e. The molecular weight excluding hydrogens is 924 g/mol. The van der Waals surface area contributed by atoms with Crippen LogP contribution < -0.4 is 10.2 Å². The summed E-state index contributed by atoms with van der Waals surface area (Å²) in [6.07, 6.45) is 73.6. The second-order valence-electron chi connectivity index (χ2n) is 22.8. The number of quaternary nitrogens is 1. The molecule has 0 aliphatic carbocycles. The molecular formula is C64H123N2O6P. The molecule has 0 saturated heterocycles. The number of allylic oxidation sites excluding steroid dienone is 7. The monoisotopic (exact) mass is 1050 g/mol. The average Bonchev–Trinajstić information content (AvgIpc) is 3.35. The number of aliphatic hydroxyl groups is 1. The SMILES string of the molecule is CCCCC/C=C\C/C=C\CCCCCCCCCCCC(=O)NC(COP(=O)([O-])OCC[N+](C)(C)C)C(O)/C=C/CC/C=C/CCCCCCCCCCCCCCCCCCCCCCCCCCCC. The lowest BCUT2D eigenvalue weighted by atomic mass is 10.0. The largest absolute Gasteiger partial charge is 0.756 e. The Hall–Kier alpha value is -1.54. The van der Waals surface area contributed by atoms with Crippen LogP contribution in [0.3, 0.4) is 0 Å². The van der Waals surface area contributed by atoms with Crippen LogP contribution in [0.25, 0.3) is 0 Å². The quantitative estimate of drug-likeness (QED) is 0.0272. The molecule has 9 heteroatoms. The van der Waals surface area contributed by atoms with Gasteiger partial charge in [0.2, 0.25) is 5.91 Å². The minimum Gasteiger partial charge on any atom is -0.756 e. The first kappa shape index (κ1) is 71.5. The summed E-state index contributed by atoms with van der Waals surface area (Å²) in [5, 5.41) is 13.9. The number of unbranched alkanes of at least 4 members (excludes halogenated alkanes) is 39. The topological polar surface area (TPSA) is 108 Å². The molecule has 73 heavy (non-hydrogen) atoms. The van der Waals surface area contributed by atoms with Crippen molar-refractivity contribution in [1.82, 2.24) is 5.32 Å². The van der Waals surface area contributed by atoms with E-state index in [2.05, 4.69) is 55.6 Å². The van der Waals surface area contributed by atoms with Gasteiger partial charge in [-0.25, -0.2) is 0 Å². The fourth-order valence-corrected chi connectivity index (χ4v) is 10.0. The fourth-order valence-electron chi connectivity index (χ4n) is 9.32. The van der Waals surface area contributed by atoms with Crippen LogP contribution in [0.15, 0.2) is 48.6 Å². The lowest BCUT2D eigenvalue weighted by molar-refractivity contribution is -0.870. The van der Waals surface area contributed by atoms with Crippen molar-refractivity contribution in [3.63, 3.8) is 0 Å². The molecule has 0 aromatic heterocycles.